The molecule has 0 fully saturated rings. The van der Waals surface area contributed by atoms with Crippen LogP contribution in [0.4, 0.5) is 21.7 Å². The van der Waals surface area contributed by atoms with Crippen LogP contribution in [0.15, 0.2) is 33.9 Å². The number of hydrogen-bond donors (Lipinski definition) is 2. The quantitative estimate of drug-likeness (QED) is 0.618. The maximum absolute atomic E-state index is 13.7. The third-order valence-electron chi connectivity index (χ3n) is 2.44. The zero-order chi connectivity index (χ0) is 14.5. The molecule has 106 valence electrons. The van der Waals surface area contributed by atoms with E-state index in [2.05, 4.69) is 36.5 Å². The van der Waals surface area contributed by atoms with Crippen molar-refractivity contribution < 1.29 is 4.39 Å². The molecule has 1 aromatic heterocycles. The summed E-state index contributed by atoms with van der Waals surface area (Å²) in [5, 5.41) is 6.73. The van der Waals surface area contributed by atoms with E-state index in [9.17, 15) is 4.39 Å². The van der Waals surface area contributed by atoms with Gasteiger partial charge in [0.05, 0.1) is 5.69 Å². The second-order valence-corrected chi connectivity index (χ2v) is 5.59. The lowest BCUT2D eigenvalue weighted by Gasteiger charge is -2.10. The van der Waals surface area contributed by atoms with Crippen molar-refractivity contribution in [3.8, 4) is 0 Å². The number of aromatic nitrogens is 2. The van der Waals surface area contributed by atoms with Crippen LogP contribution >= 0.6 is 27.7 Å². The van der Waals surface area contributed by atoms with E-state index in [0.29, 0.717) is 22.5 Å². The summed E-state index contributed by atoms with van der Waals surface area (Å²) in [6.07, 6.45) is 1.90. The molecular formula is C13H14BrFN4S. The Hall–Kier alpha value is -1.34. The first kappa shape index (κ1) is 15.1. The fraction of sp³-hybridized carbons (Fsp3) is 0.231. The van der Waals surface area contributed by atoms with E-state index < -0.39 is 0 Å². The van der Waals surface area contributed by atoms with Crippen molar-refractivity contribution in [3.05, 3.63) is 34.6 Å². The molecule has 0 saturated heterocycles. The molecule has 2 N–H and O–H groups in total. The van der Waals surface area contributed by atoms with Crippen molar-refractivity contribution >= 4 is 45.0 Å². The van der Waals surface area contributed by atoms with Gasteiger partial charge in [0.25, 0.3) is 0 Å². The number of hydrogen-bond acceptors (Lipinski definition) is 5. The number of anilines is 3. The molecular weight excluding hydrogens is 343 g/mol. The van der Waals surface area contributed by atoms with Gasteiger partial charge in [0.2, 0.25) is 0 Å². The Balaban J connectivity index is 2.32. The van der Waals surface area contributed by atoms with Gasteiger partial charge in [0, 0.05) is 17.1 Å². The molecule has 7 heteroatoms. The molecule has 0 saturated carbocycles. The highest BCUT2D eigenvalue weighted by Gasteiger charge is 2.07. The summed E-state index contributed by atoms with van der Waals surface area (Å²) in [4.78, 5) is 8.64. The Bertz CT molecular complexity index is 609. The number of nitrogens with zero attached hydrogens (tertiary/aromatic N) is 2. The third kappa shape index (κ3) is 3.83. The Morgan fingerprint density at radius 3 is 2.70 bits per heavy atom. The zero-order valence-electron chi connectivity index (χ0n) is 11.1. The lowest BCUT2D eigenvalue weighted by atomic mass is 10.3. The van der Waals surface area contributed by atoms with Gasteiger partial charge in [-0.05, 0) is 31.4 Å². The van der Waals surface area contributed by atoms with E-state index in [1.54, 1.807) is 18.2 Å². The number of rotatable bonds is 5. The van der Waals surface area contributed by atoms with Crippen LogP contribution in [0.2, 0.25) is 0 Å². The van der Waals surface area contributed by atoms with Gasteiger partial charge >= 0.3 is 0 Å². The van der Waals surface area contributed by atoms with E-state index in [-0.39, 0.29) is 5.82 Å². The monoisotopic (exact) mass is 356 g/mol. The normalized spacial score (nSPS) is 10.4. The molecule has 0 spiro atoms. The highest BCUT2D eigenvalue weighted by Crippen LogP contribution is 2.25. The fourth-order valence-corrected chi connectivity index (χ4v) is 2.32. The largest absolute Gasteiger partial charge is 0.370 e. The second kappa shape index (κ2) is 6.90. The fourth-order valence-electron chi connectivity index (χ4n) is 1.58. The molecule has 0 amide bonds. The van der Waals surface area contributed by atoms with Gasteiger partial charge in [-0.1, -0.05) is 27.7 Å². The van der Waals surface area contributed by atoms with Crippen LogP contribution in [0, 0.1) is 5.82 Å². The Labute approximate surface area is 129 Å². The van der Waals surface area contributed by atoms with Gasteiger partial charge in [0.1, 0.15) is 17.5 Å². The van der Waals surface area contributed by atoms with Crippen molar-refractivity contribution in [1.29, 1.82) is 0 Å². The topological polar surface area (TPSA) is 49.8 Å². The van der Waals surface area contributed by atoms with Gasteiger partial charge in [0.15, 0.2) is 5.16 Å². The van der Waals surface area contributed by atoms with Crippen molar-refractivity contribution in [2.24, 2.45) is 0 Å². The molecule has 0 aliphatic rings. The first-order valence-electron chi connectivity index (χ1n) is 6.01. The van der Waals surface area contributed by atoms with E-state index in [1.165, 1.54) is 17.8 Å². The molecule has 0 unspecified atom stereocenters. The van der Waals surface area contributed by atoms with E-state index in [0.717, 1.165) is 11.0 Å². The molecule has 1 aromatic carbocycles. The highest BCUT2D eigenvalue weighted by atomic mass is 79.9. The summed E-state index contributed by atoms with van der Waals surface area (Å²) >= 11 is 4.76. The minimum absolute atomic E-state index is 0.331. The predicted octanol–water partition coefficient (Wildman–Crippen LogP) is 4.28. The van der Waals surface area contributed by atoms with E-state index in [4.69, 9.17) is 0 Å². The minimum atomic E-state index is -0.331. The second-order valence-electron chi connectivity index (χ2n) is 3.90. The molecule has 2 aromatic rings. The summed E-state index contributed by atoms with van der Waals surface area (Å²) in [6, 6.07) is 6.47. The van der Waals surface area contributed by atoms with Crippen LogP contribution < -0.4 is 10.6 Å². The van der Waals surface area contributed by atoms with Crippen LogP contribution in [-0.2, 0) is 0 Å². The molecule has 4 nitrogen and oxygen atoms in total. The number of benzene rings is 1. The molecule has 2 rings (SSSR count). The molecule has 0 radical (unpaired) electrons. The van der Waals surface area contributed by atoms with Crippen molar-refractivity contribution in [2.75, 3.05) is 23.4 Å². The van der Waals surface area contributed by atoms with Gasteiger partial charge in [-0.15, -0.1) is 0 Å². The zero-order valence-corrected chi connectivity index (χ0v) is 13.5. The summed E-state index contributed by atoms with van der Waals surface area (Å²) in [7, 11) is 0. The average molecular weight is 357 g/mol. The third-order valence-corrected chi connectivity index (χ3v) is 3.48. The first-order chi connectivity index (χ1) is 9.62. The summed E-state index contributed by atoms with van der Waals surface area (Å²) in [5.74, 6) is 0.935. The summed E-state index contributed by atoms with van der Waals surface area (Å²) in [6.45, 7) is 2.75. The Morgan fingerprint density at radius 1 is 1.25 bits per heavy atom. The maximum atomic E-state index is 13.7. The van der Waals surface area contributed by atoms with Crippen LogP contribution in [0.1, 0.15) is 6.92 Å². The molecule has 0 aliphatic heterocycles. The van der Waals surface area contributed by atoms with Gasteiger partial charge < -0.3 is 10.6 Å². The lowest BCUT2D eigenvalue weighted by molar-refractivity contribution is 0.631. The average Bonchev–Trinajstić information content (AvgIpc) is 2.43. The predicted molar refractivity (Wildman–Crippen MR) is 85.4 cm³/mol. The van der Waals surface area contributed by atoms with Gasteiger partial charge in [-0.2, -0.15) is 0 Å². The lowest BCUT2D eigenvalue weighted by Crippen LogP contribution is -2.04. The molecule has 0 bridgehead atoms. The summed E-state index contributed by atoms with van der Waals surface area (Å²) in [5.41, 5.74) is 0.368. The number of nitrogens with one attached hydrogen (secondary N) is 2. The van der Waals surface area contributed by atoms with Crippen molar-refractivity contribution in [1.82, 2.24) is 9.97 Å². The molecule has 20 heavy (non-hydrogen) atoms. The van der Waals surface area contributed by atoms with Crippen LogP contribution in [-0.4, -0.2) is 22.8 Å². The van der Waals surface area contributed by atoms with Crippen molar-refractivity contribution in [3.63, 3.8) is 0 Å². The molecule has 0 atom stereocenters. The van der Waals surface area contributed by atoms with E-state index >= 15 is 0 Å². The Morgan fingerprint density at radius 2 is 2.00 bits per heavy atom. The number of thioether (sulfide) groups is 1. The van der Waals surface area contributed by atoms with Gasteiger partial charge in [-0.25, -0.2) is 14.4 Å². The van der Waals surface area contributed by atoms with E-state index in [1.807, 2.05) is 13.2 Å². The molecule has 0 aliphatic carbocycles. The molecule has 1 heterocycles. The van der Waals surface area contributed by atoms with Crippen LogP contribution in [0.3, 0.4) is 0 Å². The maximum Gasteiger partial charge on any atom is 0.191 e. The summed E-state index contributed by atoms with van der Waals surface area (Å²) < 4.78 is 14.5. The van der Waals surface area contributed by atoms with Crippen LogP contribution in [0.25, 0.3) is 0 Å². The van der Waals surface area contributed by atoms with Crippen LogP contribution in [0.5, 0.6) is 0 Å². The highest BCUT2D eigenvalue weighted by molar-refractivity contribution is 9.10. The van der Waals surface area contributed by atoms with Gasteiger partial charge in [-0.3, -0.25) is 0 Å². The standard InChI is InChI=1S/C13H14BrFN4S/c1-3-16-11-7-12(19-13(18-11)20-2)17-10-6-8(14)4-5-9(10)15/h4-7H,3H2,1-2H3,(H2,16,17,18,19). The minimum Gasteiger partial charge on any atom is -0.370 e. The number of halogens is 2. The Kier molecular flexibility index (Phi) is 5.19. The smallest absolute Gasteiger partial charge is 0.191 e. The van der Waals surface area contributed by atoms with Crippen molar-refractivity contribution in [2.45, 2.75) is 12.1 Å². The SMILES string of the molecule is CCNc1cc(Nc2cc(Br)ccc2F)nc(SC)n1. The first-order valence-corrected chi connectivity index (χ1v) is 8.03.